The second-order valence-corrected chi connectivity index (χ2v) is 6.79. The Morgan fingerprint density at radius 3 is 3.04 bits per heavy atom. The van der Waals surface area contributed by atoms with Crippen LogP contribution in [0.4, 0.5) is 11.5 Å². The van der Waals surface area contributed by atoms with Gasteiger partial charge < -0.3 is 9.64 Å². The summed E-state index contributed by atoms with van der Waals surface area (Å²) in [5.74, 6) is 0.557. The number of aromatic nitrogens is 1. The summed E-state index contributed by atoms with van der Waals surface area (Å²) in [6, 6.07) is 5.39. The molecule has 0 aliphatic carbocycles. The molecule has 2 aromatic heterocycles. The molecule has 1 atom stereocenters. The minimum absolute atomic E-state index is 0.105. The molecule has 0 N–H and O–H groups in total. The highest BCUT2D eigenvalue weighted by Gasteiger charge is 2.23. The summed E-state index contributed by atoms with van der Waals surface area (Å²) >= 11 is 7.90. The Morgan fingerprint density at radius 1 is 1.57 bits per heavy atom. The second-order valence-electron chi connectivity index (χ2n) is 5.35. The third-order valence-electron chi connectivity index (χ3n) is 3.69. The van der Waals surface area contributed by atoms with Gasteiger partial charge in [0.2, 0.25) is 0 Å². The Kier molecular flexibility index (Phi) is 5.09. The fraction of sp³-hybridized carbons (Fsp3) is 0.400. The highest BCUT2D eigenvalue weighted by atomic mass is 35.5. The first-order valence-corrected chi connectivity index (χ1v) is 8.58. The summed E-state index contributed by atoms with van der Waals surface area (Å²) in [6.07, 6.45) is 3.45. The third kappa shape index (κ3) is 3.99. The minimum Gasteiger partial charge on any atom is -0.376 e. The van der Waals surface area contributed by atoms with Gasteiger partial charge in [0.05, 0.1) is 22.6 Å². The number of rotatable bonds is 6. The predicted molar refractivity (Wildman–Crippen MR) is 90.2 cm³/mol. The molecule has 0 amide bonds. The Hall–Kier alpha value is -1.70. The molecule has 0 radical (unpaired) electrons. The molecule has 6 nitrogen and oxygen atoms in total. The minimum atomic E-state index is -0.494. The molecule has 0 saturated carbocycles. The number of nitro groups is 1. The molecule has 1 aliphatic rings. The normalized spacial score (nSPS) is 17.3. The van der Waals surface area contributed by atoms with Gasteiger partial charge in [-0.1, -0.05) is 17.7 Å². The van der Waals surface area contributed by atoms with Crippen LogP contribution in [0.2, 0.25) is 5.02 Å². The molecular formula is C15H16ClN3O3S. The summed E-state index contributed by atoms with van der Waals surface area (Å²) in [4.78, 5) is 17.8. The topological polar surface area (TPSA) is 68.5 Å². The lowest BCUT2D eigenvalue weighted by molar-refractivity contribution is -0.385. The van der Waals surface area contributed by atoms with E-state index in [9.17, 15) is 10.1 Å². The Bertz CT molecular complexity index is 675. The molecule has 122 valence electrons. The van der Waals surface area contributed by atoms with Crippen LogP contribution in [0, 0.1) is 10.1 Å². The van der Waals surface area contributed by atoms with E-state index in [2.05, 4.69) is 4.98 Å². The zero-order valence-corrected chi connectivity index (χ0v) is 13.9. The van der Waals surface area contributed by atoms with Gasteiger partial charge in [0.15, 0.2) is 0 Å². The van der Waals surface area contributed by atoms with E-state index in [0.29, 0.717) is 18.9 Å². The molecule has 23 heavy (non-hydrogen) atoms. The van der Waals surface area contributed by atoms with E-state index in [4.69, 9.17) is 16.3 Å². The average Bonchev–Trinajstić information content (AvgIpc) is 3.20. The standard InChI is InChI=1S/C15H16ClN3O3S/c16-14-7-11(19(20)21)8-17-15(14)18(9-12-3-1-5-22-12)10-13-4-2-6-23-13/h2,4,6-8,12H,1,3,5,9-10H2. The van der Waals surface area contributed by atoms with E-state index in [1.165, 1.54) is 17.1 Å². The van der Waals surface area contributed by atoms with Crippen molar-refractivity contribution in [1.29, 1.82) is 0 Å². The summed E-state index contributed by atoms with van der Waals surface area (Å²) in [7, 11) is 0. The second kappa shape index (κ2) is 7.25. The van der Waals surface area contributed by atoms with Gasteiger partial charge in [-0.05, 0) is 24.3 Å². The lowest BCUT2D eigenvalue weighted by Gasteiger charge is -2.26. The number of hydrogen-bond donors (Lipinski definition) is 0. The van der Waals surface area contributed by atoms with Gasteiger partial charge >= 0.3 is 0 Å². The molecule has 1 aliphatic heterocycles. The molecule has 8 heteroatoms. The maximum absolute atomic E-state index is 10.8. The summed E-state index contributed by atoms with van der Waals surface area (Å²) < 4.78 is 5.71. The van der Waals surface area contributed by atoms with Crippen molar-refractivity contribution in [3.8, 4) is 0 Å². The highest BCUT2D eigenvalue weighted by molar-refractivity contribution is 7.09. The molecule has 3 heterocycles. The van der Waals surface area contributed by atoms with Gasteiger partial charge in [0, 0.05) is 24.1 Å². The first kappa shape index (κ1) is 16.2. The fourth-order valence-corrected chi connectivity index (χ4v) is 3.60. The number of hydrogen-bond acceptors (Lipinski definition) is 6. The van der Waals surface area contributed by atoms with E-state index < -0.39 is 4.92 Å². The largest absolute Gasteiger partial charge is 0.376 e. The quantitative estimate of drug-likeness (QED) is 0.582. The number of ether oxygens (including phenoxy) is 1. The molecule has 1 saturated heterocycles. The maximum Gasteiger partial charge on any atom is 0.289 e. The van der Waals surface area contributed by atoms with Gasteiger partial charge in [-0.25, -0.2) is 4.98 Å². The summed E-state index contributed by atoms with van der Waals surface area (Å²) in [5.41, 5.74) is -0.105. The summed E-state index contributed by atoms with van der Waals surface area (Å²) in [6.45, 7) is 2.10. The Balaban J connectivity index is 1.85. The SMILES string of the molecule is O=[N+]([O-])c1cnc(N(Cc2cccs2)CC2CCCO2)c(Cl)c1. The smallest absolute Gasteiger partial charge is 0.289 e. The van der Waals surface area contributed by atoms with Gasteiger partial charge in [-0.2, -0.15) is 0 Å². The van der Waals surface area contributed by atoms with Crippen LogP contribution in [-0.2, 0) is 11.3 Å². The van der Waals surface area contributed by atoms with E-state index >= 15 is 0 Å². The monoisotopic (exact) mass is 353 g/mol. The van der Waals surface area contributed by atoms with Crippen molar-refractivity contribution in [1.82, 2.24) is 4.98 Å². The molecular weight excluding hydrogens is 338 g/mol. The molecule has 2 aromatic rings. The molecule has 1 fully saturated rings. The Labute approximate surface area is 142 Å². The van der Waals surface area contributed by atoms with Crippen LogP contribution < -0.4 is 4.90 Å². The number of pyridine rings is 1. The molecule has 0 aromatic carbocycles. The number of anilines is 1. The third-order valence-corrected chi connectivity index (χ3v) is 4.83. The van der Waals surface area contributed by atoms with Gasteiger partial charge in [-0.3, -0.25) is 10.1 Å². The van der Waals surface area contributed by atoms with Crippen molar-refractivity contribution in [3.05, 3.63) is 49.8 Å². The lowest BCUT2D eigenvalue weighted by atomic mass is 10.2. The van der Waals surface area contributed by atoms with Crippen LogP contribution in [-0.4, -0.2) is 29.2 Å². The van der Waals surface area contributed by atoms with Crippen molar-refractivity contribution in [3.63, 3.8) is 0 Å². The van der Waals surface area contributed by atoms with E-state index in [1.807, 2.05) is 22.4 Å². The van der Waals surface area contributed by atoms with E-state index in [0.717, 1.165) is 19.4 Å². The van der Waals surface area contributed by atoms with Crippen LogP contribution in [0.25, 0.3) is 0 Å². The van der Waals surface area contributed by atoms with E-state index in [-0.39, 0.29) is 16.8 Å². The molecule has 3 rings (SSSR count). The van der Waals surface area contributed by atoms with Crippen LogP contribution >= 0.6 is 22.9 Å². The highest BCUT2D eigenvalue weighted by Crippen LogP contribution is 2.30. The van der Waals surface area contributed by atoms with Crippen molar-refractivity contribution in [2.75, 3.05) is 18.1 Å². The number of thiophene rings is 1. The average molecular weight is 354 g/mol. The lowest BCUT2D eigenvalue weighted by Crippen LogP contribution is -2.32. The molecule has 1 unspecified atom stereocenters. The first-order valence-electron chi connectivity index (χ1n) is 7.32. The van der Waals surface area contributed by atoms with Crippen molar-refractivity contribution >= 4 is 34.4 Å². The zero-order valence-electron chi connectivity index (χ0n) is 12.4. The molecule has 0 spiro atoms. The molecule has 0 bridgehead atoms. The van der Waals surface area contributed by atoms with Crippen LogP contribution in [0.1, 0.15) is 17.7 Å². The van der Waals surface area contributed by atoms with E-state index in [1.54, 1.807) is 11.3 Å². The van der Waals surface area contributed by atoms with Crippen molar-refractivity contribution < 1.29 is 9.66 Å². The number of halogens is 1. The van der Waals surface area contributed by atoms with Crippen LogP contribution in [0.5, 0.6) is 0 Å². The predicted octanol–water partition coefficient (Wildman–Crippen LogP) is 3.89. The van der Waals surface area contributed by atoms with Crippen molar-refractivity contribution in [2.24, 2.45) is 0 Å². The van der Waals surface area contributed by atoms with Gasteiger partial charge in [0.1, 0.15) is 12.0 Å². The Morgan fingerprint density at radius 2 is 2.43 bits per heavy atom. The maximum atomic E-state index is 10.8. The van der Waals surface area contributed by atoms with Gasteiger partial charge in [0.25, 0.3) is 5.69 Å². The fourth-order valence-electron chi connectivity index (χ4n) is 2.60. The number of nitrogens with zero attached hydrogens (tertiary/aromatic N) is 3. The first-order chi connectivity index (χ1) is 11.1. The van der Waals surface area contributed by atoms with Crippen LogP contribution in [0.3, 0.4) is 0 Å². The summed E-state index contributed by atoms with van der Waals surface area (Å²) in [5, 5.41) is 13.1. The van der Waals surface area contributed by atoms with Crippen LogP contribution in [0.15, 0.2) is 29.8 Å². The zero-order chi connectivity index (χ0) is 16.2. The van der Waals surface area contributed by atoms with Crippen molar-refractivity contribution in [2.45, 2.75) is 25.5 Å². The van der Waals surface area contributed by atoms with Gasteiger partial charge in [-0.15, -0.1) is 11.3 Å².